The Labute approximate surface area is 88.1 Å². The van der Waals surface area contributed by atoms with Crippen LogP contribution in [0.5, 0.6) is 0 Å². The van der Waals surface area contributed by atoms with Gasteiger partial charge in [0.1, 0.15) is 0 Å². The lowest BCUT2D eigenvalue weighted by Gasteiger charge is -2.30. The van der Waals surface area contributed by atoms with Gasteiger partial charge < -0.3 is 10.2 Å². The third-order valence-electron chi connectivity index (χ3n) is 3.80. The zero-order chi connectivity index (χ0) is 9.97. The molecule has 2 rings (SSSR count). The van der Waals surface area contributed by atoms with Gasteiger partial charge in [0.15, 0.2) is 0 Å². The minimum atomic E-state index is 0.773. The molecule has 0 spiro atoms. The summed E-state index contributed by atoms with van der Waals surface area (Å²) in [5.74, 6) is 0.945. The first-order valence-electron chi connectivity index (χ1n) is 6.18. The van der Waals surface area contributed by atoms with E-state index in [1.165, 1.54) is 45.2 Å². The van der Waals surface area contributed by atoms with Crippen LogP contribution in [0.1, 0.15) is 39.0 Å². The molecule has 2 fully saturated rings. The van der Waals surface area contributed by atoms with Crippen LogP contribution in [0.2, 0.25) is 0 Å². The molecule has 0 unspecified atom stereocenters. The summed E-state index contributed by atoms with van der Waals surface area (Å²) >= 11 is 0. The van der Waals surface area contributed by atoms with E-state index in [0.717, 1.165) is 18.0 Å². The number of nitrogens with zero attached hydrogens (tertiary/aromatic N) is 1. The van der Waals surface area contributed by atoms with Crippen LogP contribution >= 0.6 is 0 Å². The van der Waals surface area contributed by atoms with Gasteiger partial charge in [-0.05, 0) is 38.8 Å². The van der Waals surface area contributed by atoms with Gasteiger partial charge in [-0.25, -0.2) is 0 Å². The summed E-state index contributed by atoms with van der Waals surface area (Å²) in [6, 6.07) is 1.59. The number of hydrogen-bond acceptors (Lipinski definition) is 2. The molecule has 0 amide bonds. The van der Waals surface area contributed by atoms with Gasteiger partial charge in [0.25, 0.3) is 0 Å². The second-order valence-corrected chi connectivity index (χ2v) is 5.38. The molecular formula is C12H24N2. The van der Waals surface area contributed by atoms with Crippen molar-refractivity contribution in [2.45, 2.75) is 51.1 Å². The van der Waals surface area contributed by atoms with Crippen molar-refractivity contribution in [3.05, 3.63) is 0 Å². The van der Waals surface area contributed by atoms with Gasteiger partial charge in [-0.15, -0.1) is 0 Å². The molecule has 0 bridgehead atoms. The third-order valence-corrected chi connectivity index (χ3v) is 3.80. The van der Waals surface area contributed by atoms with Crippen LogP contribution < -0.4 is 5.32 Å². The summed E-state index contributed by atoms with van der Waals surface area (Å²) in [5.41, 5.74) is 0. The molecular weight excluding hydrogens is 172 g/mol. The van der Waals surface area contributed by atoms with Crippen LogP contribution in [0.4, 0.5) is 0 Å². The highest BCUT2D eigenvalue weighted by atomic mass is 15.2. The molecule has 2 heteroatoms. The van der Waals surface area contributed by atoms with Gasteiger partial charge in [0, 0.05) is 18.6 Å². The molecule has 0 aromatic rings. The molecule has 82 valence electrons. The molecule has 1 saturated heterocycles. The normalized spacial score (nSPS) is 40.3. The first-order chi connectivity index (χ1) is 6.74. The van der Waals surface area contributed by atoms with Crippen molar-refractivity contribution < 1.29 is 0 Å². The quantitative estimate of drug-likeness (QED) is 0.725. The molecule has 1 saturated carbocycles. The lowest BCUT2D eigenvalue weighted by molar-refractivity contribution is 0.278. The number of nitrogens with one attached hydrogen (secondary N) is 1. The van der Waals surface area contributed by atoms with Crippen LogP contribution in [0.25, 0.3) is 0 Å². The molecule has 1 N–H and O–H groups in total. The monoisotopic (exact) mass is 196 g/mol. The van der Waals surface area contributed by atoms with E-state index in [4.69, 9.17) is 0 Å². The third kappa shape index (κ3) is 2.71. The molecule has 14 heavy (non-hydrogen) atoms. The molecule has 1 aliphatic heterocycles. The van der Waals surface area contributed by atoms with Gasteiger partial charge in [-0.1, -0.05) is 19.8 Å². The highest BCUT2D eigenvalue weighted by Gasteiger charge is 2.24. The Hall–Kier alpha value is -0.0800. The van der Waals surface area contributed by atoms with Crippen molar-refractivity contribution in [3.63, 3.8) is 0 Å². The van der Waals surface area contributed by atoms with E-state index in [-0.39, 0.29) is 0 Å². The fourth-order valence-electron chi connectivity index (χ4n) is 2.99. The lowest BCUT2D eigenvalue weighted by Crippen LogP contribution is -2.41. The molecule has 3 atom stereocenters. The van der Waals surface area contributed by atoms with Crippen molar-refractivity contribution in [3.8, 4) is 0 Å². The first-order valence-corrected chi connectivity index (χ1v) is 6.18. The van der Waals surface area contributed by atoms with E-state index >= 15 is 0 Å². The maximum Gasteiger partial charge on any atom is 0.0209 e. The fourth-order valence-corrected chi connectivity index (χ4v) is 2.99. The van der Waals surface area contributed by atoms with E-state index in [1.54, 1.807) is 0 Å². The van der Waals surface area contributed by atoms with E-state index in [0.29, 0.717) is 0 Å². The van der Waals surface area contributed by atoms with E-state index < -0.39 is 0 Å². The molecule has 2 nitrogen and oxygen atoms in total. The van der Waals surface area contributed by atoms with Crippen molar-refractivity contribution in [2.75, 3.05) is 20.1 Å². The Morgan fingerprint density at radius 3 is 2.64 bits per heavy atom. The highest BCUT2D eigenvalue weighted by molar-refractivity contribution is 4.84. The highest BCUT2D eigenvalue weighted by Crippen LogP contribution is 2.24. The van der Waals surface area contributed by atoms with Gasteiger partial charge in [-0.3, -0.25) is 0 Å². The van der Waals surface area contributed by atoms with Crippen LogP contribution in [0, 0.1) is 5.92 Å². The van der Waals surface area contributed by atoms with Crippen LogP contribution in [0.15, 0.2) is 0 Å². The van der Waals surface area contributed by atoms with Gasteiger partial charge in [0.2, 0.25) is 0 Å². The largest absolute Gasteiger partial charge is 0.310 e. The number of rotatable bonds is 2. The van der Waals surface area contributed by atoms with E-state index in [1.807, 2.05) is 0 Å². The maximum atomic E-state index is 3.84. The fraction of sp³-hybridized carbons (Fsp3) is 1.00. The second-order valence-electron chi connectivity index (χ2n) is 5.38. The van der Waals surface area contributed by atoms with Crippen molar-refractivity contribution in [1.82, 2.24) is 10.2 Å². The topological polar surface area (TPSA) is 15.3 Å². The molecule has 1 heterocycles. The number of likely N-dealkylation sites (tertiary alicyclic amines) is 1. The maximum absolute atomic E-state index is 3.84. The summed E-state index contributed by atoms with van der Waals surface area (Å²) in [5, 5.41) is 3.84. The zero-order valence-electron chi connectivity index (χ0n) is 9.63. The zero-order valence-corrected chi connectivity index (χ0v) is 9.63. The van der Waals surface area contributed by atoms with Crippen molar-refractivity contribution in [1.29, 1.82) is 0 Å². The summed E-state index contributed by atoms with van der Waals surface area (Å²) in [7, 11) is 2.23. The summed E-state index contributed by atoms with van der Waals surface area (Å²) in [4.78, 5) is 2.43. The molecule has 0 radical (unpaired) electrons. The van der Waals surface area contributed by atoms with Crippen LogP contribution in [0.3, 0.4) is 0 Å². The van der Waals surface area contributed by atoms with Crippen molar-refractivity contribution >= 4 is 0 Å². The van der Waals surface area contributed by atoms with Gasteiger partial charge in [0.05, 0.1) is 0 Å². The predicted molar refractivity (Wildman–Crippen MR) is 60.5 cm³/mol. The van der Waals surface area contributed by atoms with E-state index in [9.17, 15) is 0 Å². The van der Waals surface area contributed by atoms with Gasteiger partial charge in [-0.2, -0.15) is 0 Å². The Morgan fingerprint density at radius 1 is 1.14 bits per heavy atom. The minimum Gasteiger partial charge on any atom is -0.310 e. The average Bonchev–Trinajstić information content (AvgIpc) is 2.51. The standard InChI is InChI=1S/C12H24N2/c1-10-4-3-5-11(8-10)13-12-6-7-14(2)9-12/h10-13H,3-9H2,1-2H3/t10-,11+,12+/m1/s1. The van der Waals surface area contributed by atoms with E-state index in [2.05, 4.69) is 24.2 Å². The Morgan fingerprint density at radius 2 is 2.00 bits per heavy atom. The van der Waals surface area contributed by atoms with Crippen LogP contribution in [-0.2, 0) is 0 Å². The summed E-state index contributed by atoms with van der Waals surface area (Å²) < 4.78 is 0. The van der Waals surface area contributed by atoms with Crippen LogP contribution in [-0.4, -0.2) is 37.1 Å². The molecule has 0 aromatic heterocycles. The SMILES string of the molecule is C[C@@H]1CCC[C@H](N[C@H]2CCN(C)C2)C1. The predicted octanol–water partition coefficient (Wildman–Crippen LogP) is 1.86. The lowest BCUT2D eigenvalue weighted by atomic mass is 9.87. The molecule has 0 aromatic carbocycles. The first kappa shape index (κ1) is 10.4. The minimum absolute atomic E-state index is 0.773. The number of hydrogen-bond donors (Lipinski definition) is 1. The summed E-state index contributed by atoms with van der Waals surface area (Å²) in [6.07, 6.45) is 7.04. The Balaban J connectivity index is 1.74. The Kier molecular flexibility index (Phi) is 3.45. The van der Waals surface area contributed by atoms with Crippen molar-refractivity contribution in [2.24, 2.45) is 5.92 Å². The number of likely N-dealkylation sites (N-methyl/N-ethyl adjacent to an activating group) is 1. The second kappa shape index (κ2) is 4.63. The van der Waals surface area contributed by atoms with Gasteiger partial charge >= 0.3 is 0 Å². The summed E-state index contributed by atoms with van der Waals surface area (Å²) in [6.45, 7) is 4.93. The molecule has 2 aliphatic rings. The molecule has 1 aliphatic carbocycles. The average molecular weight is 196 g/mol. The Bertz CT molecular complexity index is 181. The smallest absolute Gasteiger partial charge is 0.0209 e.